The minimum absolute atomic E-state index is 0.00931. The molecular formula is C31H40N6O6. The number of carboxylic acid groups (broad SMARTS) is 1. The van der Waals surface area contributed by atoms with E-state index in [2.05, 4.69) is 20.4 Å². The Morgan fingerprint density at radius 2 is 1.63 bits per heavy atom. The van der Waals surface area contributed by atoms with Crippen LogP contribution in [0, 0.1) is 5.92 Å². The molecule has 4 rings (SSSR count). The number of amides is 2. The average molecular weight is 593 g/mol. The van der Waals surface area contributed by atoms with Crippen LogP contribution in [0.15, 0.2) is 36.4 Å². The summed E-state index contributed by atoms with van der Waals surface area (Å²) >= 11 is 0. The molecular weight excluding hydrogens is 552 g/mol. The van der Waals surface area contributed by atoms with Crippen LogP contribution in [0.2, 0.25) is 0 Å². The van der Waals surface area contributed by atoms with E-state index in [0.29, 0.717) is 62.5 Å². The van der Waals surface area contributed by atoms with Crippen molar-refractivity contribution in [1.29, 1.82) is 0 Å². The number of rotatable bonds is 11. The highest BCUT2D eigenvalue weighted by molar-refractivity contribution is 5.92. The second-order valence-corrected chi connectivity index (χ2v) is 11.2. The SMILES string of the molecule is CCNC(=O)c1nnc(-c2cc(C(C)C)c(O)cc2O)n1-c1ccc(CN2CCN(C(=O)CCC(C)C(=O)O)CC2)cc1. The molecule has 0 aliphatic carbocycles. The van der Waals surface area contributed by atoms with E-state index in [1.54, 1.807) is 22.5 Å². The van der Waals surface area contributed by atoms with Crippen molar-refractivity contribution in [2.75, 3.05) is 32.7 Å². The number of hydrogen-bond acceptors (Lipinski definition) is 8. The minimum atomic E-state index is -0.886. The molecule has 12 nitrogen and oxygen atoms in total. The number of aromatic nitrogens is 3. The Hall–Kier alpha value is -4.45. The lowest BCUT2D eigenvalue weighted by Crippen LogP contribution is -2.48. The van der Waals surface area contributed by atoms with E-state index in [1.165, 1.54) is 6.07 Å². The maximum Gasteiger partial charge on any atom is 0.306 e. The highest BCUT2D eigenvalue weighted by Crippen LogP contribution is 2.38. The van der Waals surface area contributed by atoms with Crippen LogP contribution >= 0.6 is 0 Å². The lowest BCUT2D eigenvalue weighted by atomic mass is 9.98. The molecule has 1 fully saturated rings. The predicted octanol–water partition coefficient (Wildman–Crippen LogP) is 3.36. The first-order chi connectivity index (χ1) is 20.5. The normalized spacial score (nSPS) is 14.6. The van der Waals surface area contributed by atoms with Crippen molar-refractivity contribution in [3.05, 3.63) is 53.3 Å². The van der Waals surface area contributed by atoms with Crippen molar-refractivity contribution in [2.45, 2.75) is 53.0 Å². The van der Waals surface area contributed by atoms with Gasteiger partial charge in [0.25, 0.3) is 5.91 Å². The molecule has 3 aromatic rings. The molecule has 0 bridgehead atoms. The standard InChI is InChI=1S/C31H40N6O6/c1-5-32-30(41)29-34-33-28(24-16-23(19(2)3)25(38)17-26(24)39)37(29)22-9-7-21(8-10-22)18-35-12-14-36(15-13-35)27(40)11-6-20(4)31(42)43/h7-10,16-17,19-20,38-39H,5-6,11-15,18H2,1-4H3,(H,32,41)(H,42,43). The van der Waals surface area contributed by atoms with Crippen molar-refractivity contribution in [2.24, 2.45) is 5.92 Å². The van der Waals surface area contributed by atoms with Crippen LogP contribution in [-0.4, -0.2) is 90.4 Å². The molecule has 0 radical (unpaired) electrons. The summed E-state index contributed by atoms with van der Waals surface area (Å²) in [5, 5.41) is 41.3. The number of aromatic hydroxyl groups is 2. The van der Waals surface area contributed by atoms with Gasteiger partial charge in [-0.05, 0) is 48.6 Å². The van der Waals surface area contributed by atoms with Crippen LogP contribution in [-0.2, 0) is 16.1 Å². The maximum atomic E-state index is 12.9. The number of phenolic OH excluding ortho intramolecular Hbond substituents is 2. The van der Waals surface area contributed by atoms with Gasteiger partial charge in [0.2, 0.25) is 11.7 Å². The largest absolute Gasteiger partial charge is 0.508 e. The summed E-state index contributed by atoms with van der Waals surface area (Å²) in [5.74, 6) is -1.71. The van der Waals surface area contributed by atoms with E-state index < -0.39 is 17.8 Å². The number of phenols is 2. The summed E-state index contributed by atoms with van der Waals surface area (Å²) < 4.78 is 1.60. The summed E-state index contributed by atoms with van der Waals surface area (Å²) in [6.45, 7) is 11.0. The number of carbonyl (C=O) groups excluding carboxylic acids is 2. The molecule has 2 amide bonds. The lowest BCUT2D eigenvalue weighted by molar-refractivity contribution is -0.141. The highest BCUT2D eigenvalue weighted by Gasteiger charge is 2.25. The zero-order valence-electron chi connectivity index (χ0n) is 25.1. The second kappa shape index (κ2) is 13.7. The van der Waals surface area contributed by atoms with Gasteiger partial charge in [0.05, 0.1) is 11.5 Å². The molecule has 2 heterocycles. The number of carbonyl (C=O) groups is 3. The van der Waals surface area contributed by atoms with E-state index >= 15 is 0 Å². The molecule has 43 heavy (non-hydrogen) atoms. The number of carboxylic acids is 1. The fourth-order valence-electron chi connectivity index (χ4n) is 5.11. The van der Waals surface area contributed by atoms with E-state index in [9.17, 15) is 24.6 Å². The lowest BCUT2D eigenvalue weighted by Gasteiger charge is -2.35. The summed E-state index contributed by atoms with van der Waals surface area (Å²) in [6.07, 6.45) is 0.570. The molecule has 12 heteroatoms. The summed E-state index contributed by atoms with van der Waals surface area (Å²) in [6, 6.07) is 10.6. The molecule has 0 spiro atoms. The number of aliphatic carboxylic acids is 1. The fraction of sp³-hybridized carbons (Fsp3) is 0.452. The van der Waals surface area contributed by atoms with Crippen LogP contribution in [0.4, 0.5) is 0 Å². The van der Waals surface area contributed by atoms with Crippen LogP contribution in [0.1, 0.15) is 68.2 Å². The van der Waals surface area contributed by atoms with Gasteiger partial charge in [-0.2, -0.15) is 0 Å². The Morgan fingerprint density at radius 3 is 2.23 bits per heavy atom. The highest BCUT2D eigenvalue weighted by atomic mass is 16.4. The minimum Gasteiger partial charge on any atom is -0.508 e. The molecule has 1 aliphatic heterocycles. The van der Waals surface area contributed by atoms with Gasteiger partial charge in [0.15, 0.2) is 5.82 Å². The number of nitrogens with one attached hydrogen (secondary N) is 1. The van der Waals surface area contributed by atoms with Crippen LogP contribution in [0.25, 0.3) is 17.1 Å². The van der Waals surface area contributed by atoms with Gasteiger partial charge >= 0.3 is 5.97 Å². The molecule has 1 saturated heterocycles. The molecule has 1 aliphatic rings. The summed E-state index contributed by atoms with van der Waals surface area (Å²) in [4.78, 5) is 40.5. The zero-order chi connectivity index (χ0) is 31.3. The molecule has 1 unspecified atom stereocenters. The Morgan fingerprint density at radius 1 is 0.953 bits per heavy atom. The van der Waals surface area contributed by atoms with E-state index in [4.69, 9.17) is 5.11 Å². The van der Waals surface area contributed by atoms with E-state index in [-0.39, 0.29) is 41.4 Å². The summed E-state index contributed by atoms with van der Waals surface area (Å²) in [5.41, 5.74) is 2.66. The molecule has 0 saturated carbocycles. The zero-order valence-corrected chi connectivity index (χ0v) is 25.1. The Balaban J connectivity index is 1.51. The van der Waals surface area contributed by atoms with Gasteiger partial charge in [0, 0.05) is 57.4 Å². The Labute approximate surface area is 251 Å². The number of benzene rings is 2. The first-order valence-corrected chi connectivity index (χ1v) is 14.6. The van der Waals surface area contributed by atoms with Gasteiger partial charge in [0.1, 0.15) is 11.5 Å². The molecule has 1 aromatic heterocycles. The van der Waals surface area contributed by atoms with Gasteiger partial charge in [-0.15, -0.1) is 10.2 Å². The number of nitrogens with zero attached hydrogens (tertiary/aromatic N) is 5. The third-order valence-electron chi connectivity index (χ3n) is 7.75. The van der Waals surface area contributed by atoms with Gasteiger partial charge in [-0.1, -0.05) is 32.9 Å². The third-order valence-corrected chi connectivity index (χ3v) is 7.75. The first-order valence-electron chi connectivity index (χ1n) is 14.6. The van der Waals surface area contributed by atoms with Crippen LogP contribution in [0.3, 0.4) is 0 Å². The average Bonchev–Trinajstić information content (AvgIpc) is 3.41. The fourth-order valence-corrected chi connectivity index (χ4v) is 5.11. The van der Waals surface area contributed by atoms with Crippen LogP contribution in [0.5, 0.6) is 11.5 Å². The first kappa shape index (κ1) is 31.5. The van der Waals surface area contributed by atoms with Gasteiger partial charge in [-0.25, -0.2) is 0 Å². The quantitative estimate of drug-likeness (QED) is 0.262. The van der Waals surface area contributed by atoms with Gasteiger partial charge < -0.3 is 25.5 Å². The van der Waals surface area contributed by atoms with Crippen molar-refractivity contribution in [3.8, 4) is 28.6 Å². The third kappa shape index (κ3) is 7.31. The second-order valence-electron chi connectivity index (χ2n) is 11.2. The predicted molar refractivity (Wildman–Crippen MR) is 160 cm³/mol. The Bertz CT molecular complexity index is 1460. The molecule has 4 N–H and O–H groups in total. The van der Waals surface area contributed by atoms with Crippen LogP contribution < -0.4 is 5.32 Å². The number of piperazine rings is 1. The molecule has 230 valence electrons. The smallest absolute Gasteiger partial charge is 0.306 e. The Kier molecular flexibility index (Phi) is 10.0. The van der Waals surface area contributed by atoms with Gasteiger partial charge in [-0.3, -0.25) is 23.9 Å². The van der Waals surface area contributed by atoms with Crippen molar-refractivity contribution in [1.82, 2.24) is 29.9 Å². The van der Waals surface area contributed by atoms with Crippen molar-refractivity contribution in [3.63, 3.8) is 0 Å². The monoisotopic (exact) mass is 592 g/mol. The molecule has 1 atom stereocenters. The molecule has 2 aromatic carbocycles. The van der Waals surface area contributed by atoms with E-state index in [1.807, 2.05) is 45.0 Å². The number of hydrogen-bond donors (Lipinski definition) is 4. The van der Waals surface area contributed by atoms with E-state index in [0.717, 1.165) is 5.56 Å². The van der Waals surface area contributed by atoms with Crippen molar-refractivity contribution >= 4 is 17.8 Å². The summed E-state index contributed by atoms with van der Waals surface area (Å²) in [7, 11) is 0. The maximum absolute atomic E-state index is 12.9. The van der Waals surface area contributed by atoms with Crippen molar-refractivity contribution < 1.29 is 29.7 Å². The topological polar surface area (TPSA) is 161 Å².